The van der Waals surface area contributed by atoms with Crippen LogP contribution in [0.3, 0.4) is 0 Å². The molecular formula is C8H15NNa4O8. The minimum absolute atomic E-state index is 0. The Bertz CT molecular complexity index is 339. The summed E-state index contributed by atoms with van der Waals surface area (Å²) in [6, 6.07) is -1.38. The van der Waals surface area contributed by atoms with Gasteiger partial charge in [0.25, 0.3) is 6.10 Å². The van der Waals surface area contributed by atoms with Gasteiger partial charge in [0.2, 0.25) is 0 Å². The molecule has 104 valence electrons. The molecule has 0 aromatic heterocycles. The van der Waals surface area contributed by atoms with E-state index in [4.69, 9.17) is 21.1 Å². The van der Waals surface area contributed by atoms with Crippen molar-refractivity contribution in [2.75, 3.05) is 0 Å². The third-order valence-corrected chi connectivity index (χ3v) is 1.65. The Morgan fingerprint density at radius 3 is 1.57 bits per heavy atom. The van der Waals surface area contributed by atoms with Crippen molar-refractivity contribution >= 4 is 142 Å². The molecule has 0 amide bonds. The van der Waals surface area contributed by atoms with E-state index in [0.29, 0.717) is 0 Å². The van der Waals surface area contributed by atoms with Crippen molar-refractivity contribution in [1.82, 2.24) is 0 Å². The molecule has 0 heterocycles. The Morgan fingerprint density at radius 2 is 1.29 bits per heavy atom. The molecule has 5 N–H and O–H groups in total. The molecule has 0 rings (SSSR count). The maximum absolute atomic E-state index is 11.1. The van der Waals surface area contributed by atoms with Crippen molar-refractivity contribution in [3.8, 4) is 0 Å². The summed E-state index contributed by atoms with van der Waals surface area (Å²) in [6.45, 7) is 0. The Morgan fingerprint density at radius 1 is 0.905 bits per heavy atom. The van der Waals surface area contributed by atoms with E-state index in [1.165, 1.54) is 0 Å². The SMILES string of the molecule is NC(CCC(=O)O)C(=O)OC(C(=O)O)C(=O)O.[NaH].[NaH].[NaH].[NaH]. The van der Waals surface area contributed by atoms with Crippen LogP contribution in [0.5, 0.6) is 0 Å². The van der Waals surface area contributed by atoms with Crippen LogP contribution >= 0.6 is 0 Å². The van der Waals surface area contributed by atoms with Crippen molar-refractivity contribution in [2.45, 2.75) is 25.0 Å². The van der Waals surface area contributed by atoms with Gasteiger partial charge in [0.1, 0.15) is 6.04 Å². The summed E-state index contributed by atoms with van der Waals surface area (Å²) in [5, 5.41) is 25.1. The van der Waals surface area contributed by atoms with Crippen LogP contribution in [0.15, 0.2) is 0 Å². The van der Waals surface area contributed by atoms with E-state index in [0.717, 1.165) is 0 Å². The van der Waals surface area contributed by atoms with Gasteiger partial charge < -0.3 is 25.8 Å². The van der Waals surface area contributed by atoms with Gasteiger partial charge in [-0.2, -0.15) is 0 Å². The molecule has 21 heavy (non-hydrogen) atoms. The molecule has 0 radical (unpaired) electrons. The second-order valence-corrected chi connectivity index (χ2v) is 3.03. The molecule has 0 saturated carbocycles. The van der Waals surface area contributed by atoms with Crippen LogP contribution in [0.2, 0.25) is 0 Å². The zero-order valence-electron chi connectivity index (χ0n) is 8.53. The van der Waals surface area contributed by atoms with Crippen molar-refractivity contribution in [2.24, 2.45) is 5.73 Å². The quantitative estimate of drug-likeness (QED) is 0.203. The van der Waals surface area contributed by atoms with E-state index in [-0.39, 0.29) is 125 Å². The Labute approximate surface area is 208 Å². The summed E-state index contributed by atoms with van der Waals surface area (Å²) in [6.07, 6.45) is -3.04. The van der Waals surface area contributed by atoms with Gasteiger partial charge in [-0.1, -0.05) is 0 Å². The van der Waals surface area contributed by atoms with Crippen molar-refractivity contribution in [1.29, 1.82) is 0 Å². The Balaban J connectivity index is -0.000000213. The van der Waals surface area contributed by atoms with Crippen molar-refractivity contribution in [3.63, 3.8) is 0 Å². The molecular weight excluding hydrogens is 330 g/mol. The van der Waals surface area contributed by atoms with Gasteiger partial charge >= 0.3 is 142 Å². The topological polar surface area (TPSA) is 164 Å². The van der Waals surface area contributed by atoms with Gasteiger partial charge in [-0.05, 0) is 6.42 Å². The normalized spacial score (nSPS) is 9.62. The van der Waals surface area contributed by atoms with Gasteiger partial charge in [0.05, 0.1) is 0 Å². The molecule has 0 saturated heterocycles. The average Bonchev–Trinajstić information content (AvgIpc) is 2.20. The first-order chi connectivity index (χ1) is 7.75. The first kappa shape index (κ1) is 34.2. The van der Waals surface area contributed by atoms with Crippen LogP contribution < -0.4 is 5.73 Å². The first-order valence-corrected chi connectivity index (χ1v) is 4.39. The number of carbonyl (C=O) groups excluding carboxylic acids is 1. The monoisotopic (exact) mass is 345 g/mol. The van der Waals surface area contributed by atoms with Gasteiger partial charge in [-0.3, -0.25) is 9.59 Å². The summed E-state index contributed by atoms with van der Waals surface area (Å²) < 4.78 is 4.11. The number of aliphatic carboxylic acids is 3. The second kappa shape index (κ2) is 18.2. The summed E-state index contributed by atoms with van der Waals surface area (Å²) in [7, 11) is 0. The molecule has 0 aromatic carbocycles. The third-order valence-electron chi connectivity index (χ3n) is 1.65. The number of rotatable bonds is 7. The fourth-order valence-corrected chi connectivity index (χ4v) is 0.807. The number of carboxylic acids is 3. The molecule has 13 heteroatoms. The summed E-state index contributed by atoms with van der Waals surface area (Å²) in [5.74, 6) is -6.17. The molecule has 0 aliphatic carbocycles. The Hall–Kier alpha value is 1.84. The van der Waals surface area contributed by atoms with Crippen LogP contribution in [-0.4, -0.2) is 170 Å². The van der Waals surface area contributed by atoms with Gasteiger partial charge in [0, 0.05) is 6.42 Å². The predicted octanol–water partition coefficient (Wildman–Crippen LogP) is -4.33. The number of carboxylic acid groups (broad SMARTS) is 3. The fourth-order valence-electron chi connectivity index (χ4n) is 0.807. The van der Waals surface area contributed by atoms with E-state index in [9.17, 15) is 19.2 Å². The molecule has 1 unspecified atom stereocenters. The van der Waals surface area contributed by atoms with E-state index in [1.807, 2.05) is 0 Å². The average molecular weight is 345 g/mol. The van der Waals surface area contributed by atoms with Gasteiger partial charge in [-0.15, -0.1) is 0 Å². The van der Waals surface area contributed by atoms with Crippen LogP contribution in [0, 0.1) is 0 Å². The maximum atomic E-state index is 11.1. The number of esters is 1. The third kappa shape index (κ3) is 16.5. The van der Waals surface area contributed by atoms with Gasteiger partial charge in [-0.25, -0.2) is 9.59 Å². The van der Waals surface area contributed by atoms with Crippen molar-refractivity contribution < 1.29 is 39.2 Å². The van der Waals surface area contributed by atoms with Gasteiger partial charge in [0.15, 0.2) is 0 Å². The first-order valence-electron chi connectivity index (χ1n) is 4.39. The Kier molecular flexibility index (Phi) is 29.6. The number of carbonyl (C=O) groups is 4. The van der Waals surface area contributed by atoms with Crippen molar-refractivity contribution in [3.05, 3.63) is 0 Å². The van der Waals surface area contributed by atoms with E-state index < -0.39 is 42.4 Å². The number of hydrogen-bond donors (Lipinski definition) is 4. The van der Waals surface area contributed by atoms with Crippen LogP contribution in [0.4, 0.5) is 0 Å². The number of ether oxygens (including phenoxy) is 1. The molecule has 0 fully saturated rings. The van der Waals surface area contributed by atoms with E-state index >= 15 is 0 Å². The molecule has 1 atom stereocenters. The molecule has 0 spiro atoms. The molecule has 0 aliphatic rings. The van der Waals surface area contributed by atoms with Crippen LogP contribution in [0.1, 0.15) is 12.8 Å². The summed E-state index contributed by atoms with van der Waals surface area (Å²) >= 11 is 0. The summed E-state index contributed by atoms with van der Waals surface area (Å²) in [5.41, 5.74) is 5.19. The molecule has 0 aliphatic heterocycles. The van der Waals surface area contributed by atoms with Crippen LogP contribution in [-0.2, 0) is 23.9 Å². The molecule has 0 aromatic rings. The predicted molar refractivity (Wildman–Crippen MR) is 78.6 cm³/mol. The molecule has 0 bridgehead atoms. The fraction of sp³-hybridized carbons (Fsp3) is 0.500. The minimum atomic E-state index is -2.35. The van der Waals surface area contributed by atoms with Crippen LogP contribution in [0.25, 0.3) is 0 Å². The summed E-state index contributed by atoms with van der Waals surface area (Å²) in [4.78, 5) is 42.0. The zero-order chi connectivity index (χ0) is 13.6. The zero-order valence-corrected chi connectivity index (χ0v) is 8.53. The standard InChI is InChI=1S/C8H11NO8.4Na.4H/c9-3(1-2-4(10)11)8(16)17-5(6(12)13)7(14)15;;;;;;;;/h3,5H,1-2,9H2,(H,10,11)(H,12,13)(H,14,15);;;;;;;;. The van der Waals surface area contributed by atoms with E-state index in [1.54, 1.807) is 0 Å². The number of nitrogens with two attached hydrogens (primary N) is 1. The number of hydrogen-bond acceptors (Lipinski definition) is 6. The van der Waals surface area contributed by atoms with E-state index in [2.05, 4.69) is 4.74 Å². The molecule has 9 nitrogen and oxygen atoms in total. The second-order valence-electron chi connectivity index (χ2n) is 3.03.